The van der Waals surface area contributed by atoms with E-state index in [-0.39, 0.29) is 17.3 Å². The molecule has 0 saturated carbocycles. The van der Waals surface area contributed by atoms with Crippen LogP contribution in [0.2, 0.25) is 0 Å². The Hall–Kier alpha value is -3.71. The number of primary amides is 1. The van der Waals surface area contributed by atoms with Gasteiger partial charge < -0.3 is 15.5 Å². The molecule has 0 atom stereocenters. The first-order valence-corrected chi connectivity index (χ1v) is 11.4. The maximum Gasteiger partial charge on any atom is 0.365 e. The Labute approximate surface area is 205 Å². The van der Waals surface area contributed by atoms with Gasteiger partial charge in [-0.05, 0) is 43.7 Å². The largest absolute Gasteiger partial charge is 0.369 e. The predicted molar refractivity (Wildman–Crippen MR) is 125 cm³/mol. The minimum atomic E-state index is -3.26. The van der Waals surface area contributed by atoms with E-state index in [1.54, 1.807) is 13.1 Å². The number of carbonyl (C=O) groups excluding carboxylic acids is 1. The van der Waals surface area contributed by atoms with Crippen LogP contribution in [0.5, 0.6) is 0 Å². The molecule has 3 aromatic rings. The molecule has 1 amide bonds. The van der Waals surface area contributed by atoms with E-state index in [2.05, 4.69) is 20.0 Å². The fourth-order valence-electron chi connectivity index (χ4n) is 4.65. The molecule has 0 spiro atoms. The van der Waals surface area contributed by atoms with Gasteiger partial charge in [0.1, 0.15) is 11.5 Å². The number of hydrogen-bond acceptors (Lipinski definition) is 8. The summed E-state index contributed by atoms with van der Waals surface area (Å²) in [5.74, 6) is -1.72. The summed E-state index contributed by atoms with van der Waals surface area (Å²) in [5.41, 5.74) is 8.29. The third-order valence-electron chi connectivity index (χ3n) is 6.48. The number of nitrogens with two attached hydrogens (primary N) is 1. The van der Waals surface area contributed by atoms with Gasteiger partial charge in [0.2, 0.25) is 0 Å². The molecule has 190 valence electrons. The van der Waals surface area contributed by atoms with Crippen LogP contribution in [0.4, 0.5) is 30.5 Å². The van der Waals surface area contributed by atoms with Crippen LogP contribution >= 0.6 is 0 Å². The molecule has 1 aliphatic heterocycles. The van der Waals surface area contributed by atoms with Crippen molar-refractivity contribution in [1.82, 2.24) is 24.6 Å². The van der Waals surface area contributed by atoms with Crippen LogP contribution in [0.25, 0.3) is 11.4 Å². The molecule has 5 rings (SSSR count). The molecule has 1 aliphatic carbocycles. The molecule has 0 radical (unpaired) electrons. The first-order chi connectivity index (χ1) is 17.2. The second-order valence-electron chi connectivity index (χ2n) is 8.79. The Kier molecular flexibility index (Phi) is 6.26. The molecule has 2 aromatic heterocycles. The molecular formula is C23H25F3N8O2. The second-order valence-corrected chi connectivity index (χ2v) is 8.79. The van der Waals surface area contributed by atoms with Crippen LogP contribution in [0, 0.1) is 5.82 Å². The van der Waals surface area contributed by atoms with Gasteiger partial charge >= 0.3 is 6.61 Å². The Morgan fingerprint density at radius 3 is 2.61 bits per heavy atom. The minimum Gasteiger partial charge on any atom is -0.369 e. The molecule has 13 heteroatoms. The summed E-state index contributed by atoms with van der Waals surface area (Å²) in [6.45, 7) is -0.211. The van der Waals surface area contributed by atoms with Crippen molar-refractivity contribution < 1.29 is 22.8 Å². The summed E-state index contributed by atoms with van der Waals surface area (Å²) < 4.78 is 43.5. The van der Waals surface area contributed by atoms with Gasteiger partial charge in [0.25, 0.3) is 11.9 Å². The number of anilines is 3. The Morgan fingerprint density at radius 2 is 1.92 bits per heavy atom. The van der Waals surface area contributed by atoms with Crippen molar-refractivity contribution in [3.05, 3.63) is 47.0 Å². The van der Waals surface area contributed by atoms with Gasteiger partial charge in [-0.2, -0.15) is 23.8 Å². The molecule has 1 saturated heterocycles. The highest BCUT2D eigenvalue weighted by atomic mass is 19.3. The zero-order valence-corrected chi connectivity index (χ0v) is 19.8. The molecule has 3 heterocycles. The van der Waals surface area contributed by atoms with Gasteiger partial charge in [0.15, 0.2) is 5.69 Å². The number of amides is 1. The van der Waals surface area contributed by atoms with Crippen molar-refractivity contribution >= 4 is 23.2 Å². The number of aryl methyl sites for hydroxylation is 2. The number of carbonyl (C=O) groups is 1. The van der Waals surface area contributed by atoms with E-state index in [1.807, 2.05) is 11.9 Å². The number of alkyl halides is 2. The highest BCUT2D eigenvalue weighted by molar-refractivity contribution is 5.94. The Balaban J connectivity index is 1.58. The summed E-state index contributed by atoms with van der Waals surface area (Å²) in [6, 6.07) is 4.26. The van der Waals surface area contributed by atoms with E-state index in [9.17, 15) is 13.6 Å². The highest BCUT2D eigenvalue weighted by Crippen LogP contribution is 2.37. The molecule has 10 nitrogen and oxygen atoms in total. The van der Waals surface area contributed by atoms with Gasteiger partial charge in [-0.15, -0.1) is 0 Å². The fourth-order valence-corrected chi connectivity index (χ4v) is 4.65. The molecule has 0 unspecified atom stereocenters. The second kappa shape index (κ2) is 9.39. The summed E-state index contributed by atoms with van der Waals surface area (Å²) in [4.78, 5) is 29.5. The van der Waals surface area contributed by atoms with Crippen molar-refractivity contribution in [2.24, 2.45) is 12.8 Å². The maximum atomic E-state index is 15.0. The minimum absolute atomic E-state index is 0.130. The lowest BCUT2D eigenvalue weighted by molar-refractivity contribution is -0.130. The molecule has 2 aliphatic rings. The van der Waals surface area contributed by atoms with E-state index >= 15 is 4.39 Å². The van der Waals surface area contributed by atoms with E-state index in [1.165, 1.54) is 23.0 Å². The number of benzene rings is 1. The Bertz CT molecular complexity index is 1310. The van der Waals surface area contributed by atoms with Crippen molar-refractivity contribution in [3.63, 3.8) is 0 Å². The predicted octanol–water partition coefficient (Wildman–Crippen LogP) is 2.26. The lowest BCUT2D eigenvalue weighted by Gasteiger charge is -2.34. The number of likely N-dealkylation sites (N-methyl/N-ethyl adjacent to an activating group) is 1. The summed E-state index contributed by atoms with van der Waals surface area (Å²) in [7, 11) is 3.65. The normalized spacial score (nSPS) is 15.7. The van der Waals surface area contributed by atoms with Gasteiger partial charge in [0, 0.05) is 50.7 Å². The number of aromatic nitrogens is 4. The number of nitrogens with zero attached hydrogens (tertiary/aromatic N) is 7. The summed E-state index contributed by atoms with van der Waals surface area (Å²) >= 11 is 0. The number of piperazine rings is 1. The highest BCUT2D eigenvalue weighted by Gasteiger charge is 2.30. The molecule has 0 bridgehead atoms. The lowest BCUT2D eigenvalue weighted by Crippen LogP contribution is -2.44. The van der Waals surface area contributed by atoms with Crippen LogP contribution in [0.3, 0.4) is 0 Å². The van der Waals surface area contributed by atoms with Gasteiger partial charge in [-0.3, -0.25) is 9.48 Å². The lowest BCUT2D eigenvalue weighted by atomic mass is 9.93. The van der Waals surface area contributed by atoms with Crippen molar-refractivity contribution in [2.75, 3.05) is 43.2 Å². The number of halogens is 3. The van der Waals surface area contributed by atoms with Crippen molar-refractivity contribution in [2.45, 2.75) is 19.5 Å². The smallest absolute Gasteiger partial charge is 0.365 e. The quantitative estimate of drug-likeness (QED) is 0.512. The van der Waals surface area contributed by atoms with Crippen LogP contribution < -0.4 is 15.7 Å². The van der Waals surface area contributed by atoms with Crippen LogP contribution in [0.1, 0.15) is 21.6 Å². The first kappa shape index (κ1) is 24.0. The fraction of sp³-hybridized carbons (Fsp3) is 0.391. The standard InChI is InChI=1S/C23H25F3N8O2/c1-31-7-9-33(10-8-31)14-4-6-16(24)17(11-14)34(36-22(25)26)23-28-12-13-3-5-15-19(21(27)35)30-32(2)20(15)18(13)29-23/h4,6,11-12,22H,3,5,7-10H2,1-2H3,(H2,27,35). The maximum absolute atomic E-state index is 15.0. The topological polar surface area (TPSA) is 106 Å². The molecular weight excluding hydrogens is 477 g/mol. The SMILES string of the molecule is CN1CCN(c2ccc(F)c(N(OC(F)F)c3ncc4c(n3)-c3c(c(C(N)=O)nn3C)CC4)c2)CC1. The third kappa shape index (κ3) is 4.35. The van der Waals surface area contributed by atoms with E-state index in [0.29, 0.717) is 53.6 Å². The van der Waals surface area contributed by atoms with Crippen LogP contribution in [-0.2, 0) is 24.7 Å². The third-order valence-corrected chi connectivity index (χ3v) is 6.48. The van der Waals surface area contributed by atoms with Gasteiger partial charge in [-0.1, -0.05) is 0 Å². The number of rotatable bonds is 6. The molecule has 36 heavy (non-hydrogen) atoms. The van der Waals surface area contributed by atoms with Crippen LogP contribution in [-0.4, -0.2) is 70.4 Å². The summed E-state index contributed by atoms with van der Waals surface area (Å²) in [6.07, 6.45) is 2.48. The van der Waals surface area contributed by atoms with E-state index in [0.717, 1.165) is 18.7 Å². The number of fused-ring (bicyclic) bond motifs is 3. The average Bonchev–Trinajstić information content (AvgIpc) is 3.20. The molecule has 2 N–H and O–H groups in total. The zero-order chi connectivity index (χ0) is 25.6. The summed E-state index contributed by atoms with van der Waals surface area (Å²) in [5, 5.41) is 4.81. The molecule has 1 fully saturated rings. The number of hydrogen-bond donors (Lipinski definition) is 1. The monoisotopic (exact) mass is 502 g/mol. The van der Waals surface area contributed by atoms with Gasteiger partial charge in [-0.25, -0.2) is 14.4 Å². The Morgan fingerprint density at radius 1 is 1.17 bits per heavy atom. The average molecular weight is 503 g/mol. The van der Waals surface area contributed by atoms with E-state index < -0.39 is 18.3 Å². The molecule has 1 aromatic carbocycles. The van der Waals surface area contributed by atoms with Crippen molar-refractivity contribution in [1.29, 1.82) is 0 Å². The van der Waals surface area contributed by atoms with E-state index in [4.69, 9.17) is 10.6 Å². The zero-order valence-electron chi connectivity index (χ0n) is 19.8. The van der Waals surface area contributed by atoms with Crippen LogP contribution in [0.15, 0.2) is 24.4 Å². The van der Waals surface area contributed by atoms with Gasteiger partial charge in [0.05, 0.1) is 11.4 Å². The van der Waals surface area contributed by atoms with Crippen molar-refractivity contribution in [3.8, 4) is 11.4 Å². The first-order valence-electron chi connectivity index (χ1n) is 11.4.